The van der Waals surface area contributed by atoms with E-state index in [1.54, 1.807) is 12.1 Å². The predicted octanol–water partition coefficient (Wildman–Crippen LogP) is 3.54. The summed E-state index contributed by atoms with van der Waals surface area (Å²) in [5.41, 5.74) is 8.59. The molecule has 3 aromatic rings. The van der Waals surface area contributed by atoms with Gasteiger partial charge in [-0.15, -0.1) is 16.4 Å². The second-order valence-electron chi connectivity index (χ2n) is 6.85. The molecule has 1 aliphatic heterocycles. The number of aromatic nitrogens is 2. The van der Waals surface area contributed by atoms with Crippen LogP contribution < -0.4 is 10.5 Å². The van der Waals surface area contributed by atoms with E-state index in [-0.39, 0.29) is 17.8 Å². The Hall–Kier alpha value is -2.23. The van der Waals surface area contributed by atoms with Crippen molar-refractivity contribution >= 4 is 45.1 Å². The number of hydrogen-bond acceptors (Lipinski definition) is 7. The Kier molecular flexibility index (Phi) is 5.22. The van der Waals surface area contributed by atoms with Crippen molar-refractivity contribution in [2.45, 2.75) is 31.2 Å². The number of halogens is 1. The highest BCUT2D eigenvalue weighted by atomic mass is 32.2. The summed E-state index contributed by atoms with van der Waals surface area (Å²) in [7, 11) is 0. The number of nitrogens with two attached hydrogens (primary N) is 1. The molecule has 0 spiro atoms. The number of benzene rings is 1. The fourth-order valence-corrected chi connectivity index (χ4v) is 5.07. The van der Waals surface area contributed by atoms with Gasteiger partial charge in [0.05, 0.1) is 11.4 Å². The number of amides is 1. The minimum Gasteiger partial charge on any atom is -0.397 e. The molecule has 1 fully saturated rings. The minimum absolute atomic E-state index is 0.0614. The Balaban J connectivity index is 1.45. The molecule has 6 nitrogen and oxygen atoms in total. The van der Waals surface area contributed by atoms with Gasteiger partial charge >= 0.3 is 0 Å². The average molecular weight is 418 g/mol. The number of anilines is 1. The number of hydrogen-bond donors (Lipinski definition) is 2. The number of aryl methyl sites for hydroxylation is 2. The van der Waals surface area contributed by atoms with Crippen molar-refractivity contribution in [1.29, 1.82) is 0 Å². The maximum Gasteiger partial charge on any atom is 0.266 e. The molecule has 1 amide bonds. The molecule has 0 saturated carbocycles. The van der Waals surface area contributed by atoms with Gasteiger partial charge in [-0.1, -0.05) is 0 Å². The number of rotatable bonds is 4. The number of nitrogens with one attached hydrogen (secondary N) is 1. The first kappa shape index (κ1) is 19.1. The molecular formula is C19H20FN5OS2. The lowest BCUT2D eigenvalue weighted by Crippen LogP contribution is -2.32. The van der Waals surface area contributed by atoms with Gasteiger partial charge in [0, 0.05) is 29.4 Å². The Morgan fingerprint density at radius 1 is 1.32 bits per heavy atom. The van der Waals surface area contributed by atoms with Gasteiger partial charge < -0.3 is 10.6 Å². The molecule has 1 aromatic carbocycles. The summed E-state index contributed by atoms with van der Waals surface area (Å²) >= 11 is 2.76. The monoisotopic (exact) mass is 417 g/mol. The molecule has 4 rings (SSSR count). The second-order valence-corrected chi connectivity index (χ2v) is 8.76. The Bertz CT molecular complexity index is 1040. The zero-order valence-electron chi connectivity index (χ0n) is 15.5. The molecule has 3 heterocycles. The molecule has 1 atom stereocenters. The Morgan fingerprint density at radius 2 is 2.07 bits per heavy atom. The van der Waals surface area contributed by atoms with Gasteiger partial charge in [0.2, 0.25) is 0 Å². The van der Waals surface area contributed by atoms with E-state index in [1.807, 2.05) is 18.7 Å². The number of likely N-dealkylation sites (tertiary alicyclic amines) is 1. The van der Waals surface area contributed by atoms with Crippen molar-refractivity contribution in [3.05, 3.63) is 46.2 Å². The normalized spacial score (nSPS) is 16.8. The molecule has 1 unspecified atom stereocenters. The van der Waals surface area contributed by atoms with Crippen molar-refractivity contribution in [3.63, 3.8) is 0 Å². The summed E-state index contributed by atoms with van der Waals surface area (Å²) in [6.45, 7) is 5.10. The molecule has 0 aliphatic carbocycles. The Labute approximate surface area is 170 Å². The van der Waals surface area contributed by atoms with Gasteiger partial charge in [0.25, 0.3) is 5.91 Å². The zero-order valence-corrected chi connectivity index (χ0v) is 17.2. The predicted molar refractivity (Wildman–Crippen MR) is 111 cm³/mol. The van der Waals surface area contributed by atoms with Crippen molar-refractivity contribution < 1.29 is 9.18 Å². The van der Waals surface area contributed by atoms with Crippen LogP contribution in [0.1, 0.15) is 27.3 Å². The number of thiophene rings is 1. The molecule has 0 radical (unpaired) electrons. The fraction of sp³-hybridized carbons (Fsp3) is 0.316. The van der Waals surface area contributed by atoms with E-state index in [2.05, 4.69) is 14.9 Å². The highest BCUT2D eigenvalue weighted by molar-refractivity contribution is 7.97. The second kappa shape index (κ2) is 7.65. The summed E-state index contributed by atoms with van der Waals surface area (Å²) in [5, 5.41) is 9.16. The minimum atomic E-state index is -0.252. The average Bonchev–Trinajstić information content (AvgIpc) is 3.29. The van der Waals surface area contributed by atoms with Gasteiger partial charge in [-0.2, -0.15) is 5.10 Å². The fourth-order valence-electron chi connectivity index (χ4n) is 3.24. The molecule has 1 aliphatic rings. The maximum absolute atomic E-state index is 13.0. The van der Waals surface area contributed by atoms with Crippen LogP contribution in [0.5, 0.6) is 0 Å². The first-order valence-electron chi connectivity index (χ1n) is 8.93. The largest absolute Gasteiger partial charge is 0.397 e. The van der Waals surface area contributed by atoms with Crippen molar-refractivity contribution in [2.75, 3.05) is 18.8 Å². The molecule has 28 heavy (non-hydrogen) atoms. The van der Waals surface area contributed by atoms with E-state index in [0.717, 1.165) is 28.0 Å². The Morgan fingerprint density at radius 3 is 2.82 bits per heavy atom. The number of carbonyl (C=O) groups excluding carboxylic acids is 1. The smallest absolute Gasteiger partial charge is 0.266 e. The van der Waals surface area contributed by atoms with E-state index in [1.165, 1.54) is 35.4 Å². The van der Waals surface area contributed by atoms with E-state index in [0.29, 0.717) is 28.5 Å². The third-order valence-electron chi connectivity index (χ3n) is 4.96. The molecule has 2 aromatic heterocycles. The van der Waals surface area contributed by atoms with E-state index in [4.69, 9.17) is 5.73 Å². The van der Waals surface area contributed by atoms with Gasteiger partial charge in [-0.25, -0.2) is 4.39 Å². The summed E-state index contributed by atoms with van der Waals surface area (Å²) in [4.78, 5) is 17.0. The van der Waals surface area contributed by atoms with Crippen LogP contribution >= 0.6 is 23.3 Å². The number of nitrogen functional groups attached to an aromatic ring is 1. The first-order chi connectivity index (χ1) is 13.4. The van der Waals surface area contributed by atoms with Gasteiger partial charge in [0.1, 0.15) is 15.5 Å². The van der Waals surface area contributed by atoms with Crippen LogP contribution in [0.4, 0.5) is 10.1 Å². The van der Waals surface area contributed by atoms with Gasteiger partial charge in [-0.3, -0.25) is 9.52 Å². The third-order valence-corrected chi connectivity index (χ3v) is 7.00. The van der Waals surface area contributed by atoms with Gasteiger partial charge in [-0.05, 0) is 62.0 Å². The lowest BCUT2D eigenvalue weighted by molar-refractivity contribution is 0.0796. The molecule has 3 N–H and O–H groups in total. The lowest BCUT2D eigenvalue weighted by atomic mass is 10.1. The number of nitrogens with zero attached hydrogens (tertiary/aromatic N) is 3. The first-order valence-corrected chi connectivity index (χ1v) is 10.6. The molecule has 9 heteroatoms. The maximum atomic E-state index is 13.0. The summed E-state index contributed by atoms with van der Waals surface area (Å²) in [6, 6.07) is 6.50. The SMILES string of the molecule is Cc1nnc2sc(C(=O)N3CCC(NSc4ccc(F)cc4)C3)c(N)c2c1C. The number of fused-ring (bicyclic) bond motifs is 1. The number of carbonyl (C=O) groups is 1. The van der Waals surface area contributed by atoms with E-state index >= 15 is 0 Å². The standard InChI is InChI=1S/C19H20FN5OS2/c1-10-11(2)22-23-18-15(10)16(21)17(27-18)19(26)25-8-7-13(9-25)24-28-14-5-3-12(20)4-6-14/h3-6,13,24H,7-9,21H2,1-2H3. The quantitative estimate of drug-likeness (QED) is 0.632. The topological polar surface area (TPSA) is 84.1 Å². The van der Waals surface area contributed by atoms with E-state index < -0.39 is 0 Å². The highest BCUT2D eigenvalue weighted by Crippen LogP contribution is 2.36. The van der Waals surface area contributed by atoms with Gasteiger partial charge in [0.15, 0.2) is 0 Å². The summed E-state index contributed by atoms with van der Waals surface area (Å²) in [6.07, 6.45) is 0.850. The molecule has 146 valence electrons. The van der Waals surface area contributed by atoms with Crippen LogP contribution in [0.25, 0.3) is 10.2 Å². The zero-order chi connectivity index (χ0) is 19.8. The van der Waals surface area contributed by atoms with Crippen LogP contribution in [0.3, 0.4) is 0 Å². The molecule has 0 bridgehead atoms. The molecular weight excluding hydrogens is 397 g/mol. The van der Waals surface area contributed by atoms with Crippen LogP contribution in [0.2, 0.25) is 0 Å². The molecule has 1 saturated heterocycles. The van der Waals surface area contributed by atoms with Crippen LogP contribution in [-0.4, -0.2) is 40.1 Å². The summed E-state index contributed by atoms with van der Waals surface area (Å²) < 4.78 is 16.4. The summed E-state index contributed by atoms with van der Waals surface area (Å²) in [5.74, 6) is -0.313. The lowest BCUT2D eigenvalue weighted by Gasteiger charge is -2.16. The van der Waals surface area contributed by atoms with Crippen LogP contribution in [0, 0.1) is 19.7 Å². The van der Waals surface area contributed by atoms with Crippen molar-refractivity contribution in [3.8, 4) is 0 Å². The van der Waals surface area contributed by atoms with Crippen LogP contribution in [0.15, 0.2) is 29.2 Å². The van der Waals surface area contributed by atoms with E-state index in [9.17, 15) is 9.18 Å². The van der Waals surface area contributed by atoms with Crippen molar-refractivity contribution in [2.24, 2.45) is 0 Å². The van der Waals surface area contributed by atoms with Crippen molar-refractivity contribution in [1.82, 2.24) is 19.8 Å². The highest BCUT2D eigenvalue weighted by Gasteiger charge is 2.30. The third kappa shape index (κ3) is 3.57. The van der Waals surface area contributed by atoms with Crippen LogP contribution in [-0.2, 0) is 0 Å².